The normalized spacial score (nSPS) is 11.6. The maximum Gasteiger partial charge on any atom is 0.0829 e. The largest absolute Gasteiger partial charge is 0.396 e. The molecule has 0 amide bonds. The average molecular weight is 352 g/mol. The van der Waals surface area contributed by atoms with Gasteiger partial charge in [0, 0.05) is 10.8 Å². The summed E-state index contributed by atoms with van der Waals surface area (Å²) < 4.78 is 1.64. The van der Waals surface area contributed by atoms with Crippen LogP contribution in [0.5, 0.6) is 0 Å². The van der Waals surface area contributed by atoms with Crippen LogP contribution >= 0.6 is 57.7 Å². The molecular formula is C12H6Cl4N2S. The highest BCUT2D eigenvalue weighted by Crippen LogP contribution is 2.48. The first-order valence-electron chi connectivity index (χ1n) is 5.15. The van der Waals surface area contributed by atoms with E-state index < -0.39 is 0 Å². The molecule has 2 nitrogen and oxygen atoms in total. The smallest absolute Gasteiger partial charge is 0.0829 e. The van der Waals surface area contributed by atoms with Crippen molar-refractivity contribution >= 4 is 89.3 Å². The van der Waals surface area contributed by atoms with Crippen LogP contribution in [0, 0.1) is 0 Å². The first kappa shape index (κ1) is 13.4. The third kappa shape index (κ3) is 1.84. The predicted molar refractivity (Wildman–Crippen MR) is 88.2 cm³/mol. The number of fused-ring (bicyclic) bond motifs is 3. The molecule has 0 radical (unpaired) electrons. The van der Waals surface area contributed by atoms with Crippen LogP contribution in [0.1, 0.15) is 0 Å². The number of benzene rings is 2. The quantitative estimate of drug-likeness (QED) is 0.500. The van der Waals surface area contributed by atoms with Crippen LogP contribution in [0.25, 0.3) is 20.2 Å². The molecule has 2 aromatic carbocycles. The van der Waals surface area contributed by atoms with Crippen LogP contribution in [-0.2, 0) is 0 Å². The molecule has 4 N–H and O–H groups in total. The van der Waals surface area contributed by atoms with E-state index in [4.69, 9.17) is 57.9 Å². The summed E-state index contributed by atoms with van der Waals surface area (Å²) in [4.78, 5) is 0. The number of halogens is 4. The minimum atomic E-state index is 0.359. The number of anilines is 2. The second-order valence-electron chi connectivity index (χ2n) is 4.03. The molecule has 0 fully saturated rings. The monoisotopic (exact) mass is 350 g/mol. The van der Waals surface area contributed by atoms with Crippen molar-refractivity contribution in [2.75, 3.05) is 11.5 Å². The van der Waals surface area contributed by atoms with Gasteiger partial charge >= 0.3 is 0 Å². The number of rotatable bonds is 0. The summed E-state index contributed by atoms with van der Waals surface area (Å²) in [6, 6.07) is 3.53. The number of hydrogen-bond donors (Lipinski definition) is 2. The molecular weight excluding hydrogens is 346 g/mol. The molecule has 1 aromatic heterocycles. The van der Waals surface area contributed by atoms with Crippen molar-refractivity contribution in [3.63, 3.8) is 0 Å². The number of thiophene rings is 1. The Hall–Kier alpha value is -0.580. The summed E-state index contributed by atoms with van der Waals surface area (Å²) in [6.45, 7) is 0. The third-order valence-corrected chi connectivity index (χ3v) is 5.80. The van der Waals surface area contributed by atoms with Gasteiger partial charge < -0.3 is 11.5 Å². The molecule has 0 spiro atoms. The molecule has 3 rings (SSSR count). The SMILES string of the molecule is Nc1c(Cl)cc2c(sc3c(Cl)c(N)c(Cl)cc32)c1Cl. The minimum Gasteiger partial charge on any atom is -0.396 e. The number of hydrogen-bond acceptors (Lipinski definition) is 3. The lowest BCUT2D eigenvalue weighted by Gasteiger charge is -2.03. The van der Waals surface area contributed by atoms with E-state index in [1.165, 1.54) is 11.3 Å². The Morgan fingerprint density at radius 1 is 0.737 bits per heavy atom. The Labute approximate surface area is 132 Å². The maximum absolute atomic E-state index is 6.23. The summed E-state index contributed by atoms with van der Waals surface area (Å²) in [5.74, 6) is 0. The van der Waals surface area contributed by atoms with Gasteiger partial charge in [-0.3, -0.25) is 0 Å². The van der Waals surface area contributed by atoms with E-state index >= 15 is 0 Å². The fourth-order valence-electron chi connectivity index (χ4n) is 1.93. The highest BCUT2D eigenvalue weighted by atomic mass is 35.5. The fourth-order valence-corrected chi connectivity index (χ4v) is 4.24. The Morgan fingerprint density at radius 2 is 1.11 bits per heavy atom. The van der Waals surface area contributed by atoms with E-state index in [9.17, 15) is 0 Å². The van der Waals surface area contributed by atoms with Crippen LogP contribution in [0.4, 0.5) is 11.4 Å². The Morgan fingerprint density at radius 3 is 1.47 bits per heavy atom. The Bertz CT molecular complexity index is 773. The Balaban J connectivity index is 2.61. The third-order valence-electron chi connectivity index (χ3n) is 2.91. The molecule has 19 heavy (non-hydrogen) atoms. The van der Waals surface area contributed by atoms with Crippen molar-refractivity contribution in [3.8, 4) is 0 Å². The van der Waals surface area contributed by atoms with Gasteiger partial charge in [-0.25, -0.2) is 0 Å². The van der Waals surface area contributed by atoms with Crippen LogP contribution in [0.15, 0.2) is 12.1 Å². The van der Waals surface area contributed by atoms with E-state index in [1.807, 2.05) is 0 Å². The lowest BCUT2D eigenvalue weighted by Crippen LogP contribution is -1.88. The van der Waals surface area contributed by atoms with Gasteiger partial charge in [-0.15, -0.1) is 11.3 Å². The van der Waals surface area contributed by atoms with Crippen molar-refractivity contribution in [1.29, 1.82) is 0 Å². The summed E-state index contributed by atoms with van der Waals surface area (Å²) >= 11 is 26.0. The van der Waals surface area contributed by atoms with E-state index in [1.54, 1.807) is 12.1 Å². The van der Waals surface area contributed by atoms with Gasteiger partial charge in [-0.2, -0.15) is 0 Å². The molecule has 98 valence electrons. The summed E-state index contributed by atoms with van der Waals surface area (Å²) in [7, 11) is 0. The molecule has 0 aliphatic rings. The van der Waals surface area contributed by atoms with Crippen LogP contribution < -0.4 is 11.5 Å². The van der Waals surface area contributed by atoms with Gasteiger partial charge in [0.25, 0.3) is 0 Å². The van der Waals surface area contributed by atoms with Crippen LogP contribution in [0.3, 0.4) is 0 Å². The molecule has 0 bridgehead atoms. The van der Waals surface area contributed by atoms with Gasteiger partial charge in [-0.1, -0.05) is 46.4 Å². The second kappa shape index (κ2) is 4.47. The fraction of sp³-hybridized carbons (Fsp3) is 0. The summed E-state index contributed by atoms with van der Waals surface area (Å²) in [5, 5.41) is 3.40. The standard InChI is InChI=1S/C12H6Cl4N2S/c13-5-1-3-4-2-6(14)10(18)8(16)12(4)19-11(3)7(15)9(5)17/h1-2H,17-18H2. The van der Waals surface area contributed by atoms with Crippen molar-refractivity contribution < 1.29 is 0 Å². The van der Waals surface area contributed by atoms with E-state index in [0.29, 0.717) is 31.5 Å². The van der Waals surface area contributed by atoms with E-state index in [-0.39, 0.29) is 0 Å². The first-order chi connectivity index (χ1) is 8.91. The van der Waals surface area contributed by atoms with Gasteiger partial charge in [0.05, 0.1) is 40.9 Å². The second-order valence-corrected chi connectivity index (χ2v) is 6.62. The number of nitrogen functional groups attached to an aromatic ring is 2. The van der Waals surface area contributed by atoms with Gasteiger partial charge in [0.15, 0.2) is 0 Å². The zero-order valence-corrected chi connectivity index (χ0v) is 13.1. The lowest BCUT2D eigenvalue weighted by atomic mass is 10.1. The molecule has 3 aromatic rings. The maximum atomic E-state index is 6.23. The van der Waals surface area contributed by atoms with Crippen molar-refractivity contribution in [1.82, 2.24) is 0 Å². The molecule has 0 aliphatic heterocycles. The molecule has 7 heteroatoms. The van der Waals surface area contributed by atoms with E-state index in [2.05, 4.69) is 0 Å². The first-order valence-corrected chi connectivity index (χ1v) is 7.47. The molecule has 0 saturated carbocycles. The lowest BCUT2D eigenvalue weighted by molar-refractivity contribution is 1.77. The molecule has 0 aliphatic carbocycles. The van der Waals surface area contributed by atoms with Crippen molar-refractivity contribution in [3.05, 3.63) is 32.2 Å². The highest BCUT2D eigenvalue weighted by Gasteiger charge is 2.17. The Kier molecular flexibility index (Phi) is 3.15. The zero-order valence-electron chi connectivity index (χ0n) is 9.23. The van der Waals surface area contributed by atoms with Crippen LogP contribution in [0.2, 0.25) is 20.1 Å². The highest BCUT2D eigenvalue weighted by molar-refractivity contribution is 7.27. The molecule has 0 atom stereocenters. The summed E-state index contributed by atoms with van der Waals surface area (Å²) in [5.41, 5.74) is 12.4. The van der Waals surface area contributed by atoms with Gasteiger partial charge in [-0.05, 0) is 12.1 Å². The predicted octanol–water partition coefficient (Wildman–Crippen LogP) is 5.83. The molecule has 0 saturated heterocycles. The topological polar surface area (TPSA) is 52.0 Å². The zero-order chi connectivity index (χ0) is 13.9. The van der Waals surface area contributed by atoms with Gasteiger partial charge in [0.2, 0.25) is 0 Å². The number of nitrogens with two attached hydrogens (primary N) is 2. The summed E-state index contributed by atoms with van der Waals surface area (Å²) in [6.07, 6.45) is 0. The van der Waals surface area contributed by atoms with Gasteiger partial charge in [0.1, 0.15) is 0 Å². The minimum absolute atomic E-state index is 0.359. The van der Waals surface area contributed by atoms with Crippen molar-refractivity contribution in [2.45, 2.75) is 0 Å². The van der Waals surface area contributed by atoms with Crippen molar-refractivity contribution in [2.24, 2.45) is 0 Å². The molecule has 1 heterocycles. The van der Waals surface area contributed by atoms with E-state index in [0.717, 1.165) is 20.2 Å². The van der Waals surface area contributed by atoms with Crippen LogP contribution in [-0.4, -0.2) is 0 Å². The molecule has 0 unspecified atom stereocenters. The average Bonchev–Trinajstić information content (AvgIpc) is 2.73.